The Balaban J connectivity index is 2.13. The number of carbonyl (C=O) groups excluding carboxylic acids is 1. The van der Waals surface area contributed by atoms with Gasteiger partial charge < -0.3 is 10.2 Å². The van der Waals surface area contributed by atoms with E-state index in [1.54, 1.807) is 0 Å². The van der Waals surface area contributed by atoms with Gasteiger partial charge in [-0.25, -0.2) is 0 Å². The van der Waals surface area contributed by atoms with Gasteiger partial charge in [-0.05, 0) is 18.5 Å². The van der Waals surface area contributed by atoms with E-state index in [9.17, 15) is 14.7 Å². The van der Waals surface area contributed by atoms with Crippen LogP contribution in [0.4, 0.5) is 0 Å². The van der Waals surface area contributed by atoms with E-state index in [-0.39, 0.29) is 12.2 Å². The van der Waals surface area contributed by atoms with Crippen LogP contribution < -0.4 is 10.6 Å². The van der Waals surface area contributed by atoms with Crippen LogP contribution in [0, 0.1) is 0 Å². The van der Waals surface area contributed by atoms with Gasteiger partial charge in [-0.3, -0.25) is 9.59 Å². The first-order chi connectivity index (χ1) is 11.1. The molecule has 0 heterocycles. The van der Waals surface area contributed by atoms with Crippen molar-refractivity contribution in [3.05, 3.63) is 60.7 Å². The van der Waals surface area contributed by atoms with Crippen molar-refractivity contribution in [1.82, 2.24) is 0 Å². The molecule has 2 N–H and O–H groups in total. The van der Waals surface area contributed by atoms with Gasteiger partial charge in [0.1, 0.15) is 5.78 Å². The lowest BCUT2D eigenvalue weighted by Gasteiger charge is -2.18. The predicted octanol–water partition coefficient (Wildman–Crippen LogP) is 1.91. The molecule has 2 rings (SSSR count). The third kappa shape index (κ3) is 5.59. The number of benzene rings is 2. The van der Waals surface area contributed by atoms with E-state index in [1.165, 1.54) is 0 Å². The van der Waals surface area contributed by atoms with Crippen molar-refractivity contribution in [2.75, 3.05) is 6.16 Å². The molecule has 0 aliphatic carbocycles. The highest BCUT2D eigenvalue weighted by Gasteiger charge is 2.20. The largest absolute Gasteiger partial charge is 0.481 e. The Kier molecular flexibility index (Phi) is 6.45. The third-order valence-corrected chi connectivity index (χ3v) is 5.86. The number of ketones is 1. The standard InChI is InChI=1S/C18H19O4P/c19-14(12-18(21)22)11-15(20)13-23(16-7-3-1-4-8-16)17-9-5-2-6-10-17/h1-10,14,19H,11-13H2,(H,21,22). The lowest BCUT2D eigenvalue weighted by atomic mass is 10.1. The molecule has 2 aromatic carbocycles. The summed E-state index contributed by atoms with van der Waals surface area (Å²) in [6, 6.07) is 19.6. The average molecular weight is 330 g/mol. The number of carboxylic acid groups (broad SMARTS) is 1. The minimum Gasteiger partial charge on any atom is -0.481 e. The summed E-state index contributed by atoms with van der Waals surface area (Å²) in [5, 5.41) is 20.5. The highest BCUT2D eigenvalue weighted by Crippen LogP contribution is 2.33. The van der Waals surface area contributed by atoms with Crippen molar-refractivity contribution in [2.24, 2.45) is 0 Å². The summed E-state index contributed by atoms with van der Waals surface area (Å²) in [6.07, 6.45) is -1.34. The molecule has 120 valence electrons. The molecule has 23 heavy (non-hydrogen) atoms. The highest BCUT2D eigenvalue weighted by molar-refractivity contribution is 7.73. The number of aliphatic carboxylic acids is 1. The third-order valence-electron chi connectivity index (χ3n) is 3.34. The average Bonchev–Trinajstić information content (AvgIpc) is 2.53. The maximum atomic E-state index is 12.3. The molecule has 0 aliphatic rings. The predicted molar refractivity (Wildman–Crippen MR) is 91.8 cm³/mol. The van der Waals surface area contributed by atoms with Gasteiger partial charge in [0.25, 0.3) is 0 Å². The molecular weight excluding hydrogens is 311 g/mol. The molecule has 5 heteroatoms. The zero-order chi connectivity index (χ0) is 16.7. The van der Waals surface area contributed by atoms with Gasteiger partial charge in [-0.1, -0.05) is 60.7 Å². The molecule has 0 radical (unpaired) electrons. The van der Waals surface area contributed by atoms with Gasteiger partial charge >= 0.3 is 5.97 Å². The van der Waals surface area contributed by atoms with Crippen molar-refractivity contribution in [3.63, 3.8) is 0 Å². The van der Waals surface area contributed by atoms with Gasteiger partial charge in [-0.15, -0.1) is 0 Å². The Bertz CT molecular complexity index is 603. The van der Waals surface area contributed by atoms with Crippen molar-refractivity contribution in [2.45, 2.75) is 18.9 Å². The van der Waals surface area contributed by atoms with E-state index >= 15 is 0 Å². The highest BCUT2D eigenvalue weighted by atomic mass is 31.1. The van der Waals surface area contributed by atoms with E-state index in [1.807, 2.05) is 60.7 Å². The second kappa shape index (κ2) is 8.56. The second-order valence-corrected chi connectivity index (χ2v) is 7.46. The molecule has 0 aliphatic heterocycles. The Morgan fingerprint density at radius 2 is 1.35 bits per heavy atom. The number of Topliss-reactive ketones (excluding diaryl/α,β-unsaturated/α-hetero) is 1. The van der Waals surface area contributed by atoms with Crippen LogP contribution in [0.3, 0.4) is 0 Å². The first-order valence-corrected chi connectivity index (χ1v) is 8.88. The maximum Gasteiger partial charge on any atom is 0.305 e. The van der Waals surface area contributed by atoms with E-state index in [0.29, 0.717) is 6.16 Å². The lowest BCUT2D eigenvalue weighted by molar-refractivity contribution is -0.139. The monoisotopic (exact) mass is 330 g/mol. The summed E-state index contributed by atoms with van der Waals surface area (Å²) in [6.45, 7) is 0. The van der Waals surface area contributed by atoms with Crippen molar-refractivity contribution in [3.8, 4) is 0 Å². The molecule has 0 saturated carbocycles. The van der Waals surface area contributed by atoms with Crippen molar-refractivity contribution in [1.29, 1.82) is 0 Å². The van der Waals surface area contributed by atoms with Crippen LogP contribution in [0.5, 0.6) is 0 Å². The van der Waals surface area contributed by atoms with Crippen LogP contribution in [0.25, 0.3) is 0 Å². The number of rotatable bonds is 8. The Labute approximate surface area is 136 Å². The van der Waals surface area contributed by atoms with Gasteiger partial charge in [0, 0.05) is 12.6 Å². The van der Waals surface area contributed by atoms with Crippen LogP contribution in [-0.4, -0.2) is 34.2 Å². The molecule has 1 atom stereocenters. The van der Waals surface area contributed by atoms with Crippen LogP contribution in [0.1, 0.15) is 12.8 Å². The SMILES string of the molecule is O=C(O)CC(O)CC(=O)CP(c1ccccc1)c1ccccc1. The molecule has 0 saturated heterocycles. The molecule has 0 fully saturated rings. The molecule has 0 aromatic heterocycles. The quantitative estimate of drug-likeness (QED) is 0.725. The number of carbonyl (C=O) groups is 2. The molecule has 2 aromatic rings. The van der Waals surface area contributed by atoms with Crippen molar-refractivity contribution >= 4 is 30.3 Å². The van der Waals surface area contributed by atoms with Crippen LogP contribution in [0.15, 0.2) is 60.7 Å². The Morgan fingerprint density at radius 3 is 1.78 bits per heavy atom. The topological polar surface area (TPSA) is 74.6 Å². The minimum atomic E-state index is -1.12. The molecular formula is C18H19O4P. The summed E-state index contributed by atoms with van der Waals surface area (Å²) in [4.78, 5) is 22.8. The lowest BCUT2D eigenvalue weighted by Crippen LogP contribution is -2.23. The number of aliphatic hydroxyl groups is 1. The summed E-state index contributed by atoms with van der Waals surface area (Å²) < 4.78 is 0. The number of carboxylic acids is 1. The van der Waals surface area contributed by atoms with Gasteiger partial charge in [-0.2, -0.15) is 0 Å². The maximum absolute atomic E-state index is 12.3. The van der Waals surface area contributed by atoms with Crippen molar-refractivity contribution < 1.29 is 19.8 Å². The molecule has 4 nitrogen and oxygen atoms in total. The number of aliphatic hydroxyl groups excluding tert-OH is 1. The van der Waals surface area contributed by atoms with E-state index in [0.717, 1.165) is 10.6 Å². The fraction of sp³-hybridized carbons (Fsp3) is 0.222. The Morgan fingerprint density at radius 1 is 0.870 bits per heavy atom. The second-order valence-electron chi connectivity index (χ2n) is 5.25. The zero-order valence-corrected chi connectivity index (χ0v) is 13.5. The first kappa shape index (κ1) is 17.3. The summed E-state index contributed by atoms with van der Waals surface area (Å²) in [5.74, 6) is -1.21. The van der Waals surface area contributed by atoms with E-state index in [2.05, 4.69) is 0 Å². The van der Waals surface area contributed by atoms with Gasteiger partial charge in [0.15, 0.2) is 0 Å². The summed E-state index contributed by atoms with van der Waals surface area (Å²) >= 11 is 0. The van der Waals surface area contributed by atoms with E-state index < -0.39 is 26.4 Å². The molecule has 0 spiro atoms. The van der Waals surface area contributed by atoms with Crippen LogP contribution >= 0.6 is 7.92 Å². The summed E-state index contributed by atoms with van der Waals surface area (Å²) in [7, 11) is -0.849. The fourth-order valence-electron chi connectivity index (χ4n) is 2.32. The minimum absolute atomic E-state index is 0.113. The summed E-state index contributed by atoms with van der Waals surface area (Å²) in [5.41, 5.74) is 0. The zero-order valence-electron chi connectivity index (χ0n) is 12.6. The smallest absolute Gasteiger partial charge is 0.305 e. The molecule has 0 amide bonds. The first-order valence-electron chi connectivity index (χ1n) is 7.35. The van der Waals surface area contributed by atoms with Gasteiger partial charge in [0.2, 0.25) is 0 Å². The number of hydrogen-bond acceptors (Lipinski definition) is 3. The van der Waals surface area contributed by atoms with E-state index in [4.69, 9.17) is 5.11 Å². The molecule has 0 bridgehead atoms. The number of hydrogen-bond donors (Lipinski definition) is 2. The fourth-order valence-corrected chi connectivity index (χ4v) is 4.53. The van der Waals surface area contributed by atoms with Gasteiger partial charge in [0.05, 0.1) is 12.5 Å². The van der Waals surface area contributed by atoms with Crippen LogP contribution in [0.2, 0.25) is 0 Å². The molecule has 1 unspecified atom stereocenters. The normalized spacial score (nSPS) is 12.1. The Hall–Kier alpha value is -2.03. The van der Waals surface area contributed by atoms with Crippen LogP contribution in [-0.2, 0) is 9.59 Å².